The standard InChI is InChI=1S/C16H22N2/c1-11-5-6-14-13(9-11)12(2)10-18(14)16-8-7-15(16)17(3)4/h5-6,9-10,15-16H,7-8H2,1-4H3. The number of hydrogen-bond acceptors (Lipinski definition) is 1. The molecule has 0 saturated heterocycles. The predicted molar refractivity (Wildman–Crippen MR) is 77.2 cm³/mol. The van der Waals surface area contributed by atoms with Crippen molar-refractivity contribution in [2.75, 3.05) is 14.1 Å². The Kier molecular flexibility index (Phi) is 2.70. The molecule has 1 aromatic heterocycles. The van der Waals surface area contributed by atoms with Crippen molar-refractivity contribution in [3.05, 3.63) is 35.5 Å². The molecule has 1 fully saturated rings. The summed E-state index contributed by atoms with van der Waals surface area (Å²) in [4.78, 5) is 2.36. The highest BCUT2D eigenvalue weighted by molar-refractivity contribution is 5.84. The smallest absolute Gasteiger partial charge is 0.0492 e. The summed E-state index contributed by atoms with van der Waals surface area (Å²) in [5.74, 6) is 0. The van der Waals surface area contributed by atoms with E-state index in [0.29, 0.717) is 12.1 Å². The van der Waals surface area contributed by atoms with Gasteiger partial charge in [0.25, 0.3) is 0 Å². The second-order valence-electron chi connectivity index (χ2n) is 5.92. The summed E-state index contributed by atoms with van der Waals surface area (Å²) in [6, 6.07) is 8.16. The van der Waals surface area contributed by atoms with Gasteiger partial charge in [0, 0.05) is 29.2 Å². The third kappa shape index (κ3) is 1.67. The molecule has 0 radical (unpaired) electrons. The molecule has 0 amide bonds. The van der Waals surface area contributed by atoms with Crippen LogP contribution in [0.5, 0.6) is 0 Å². The highest BCUT2D eigenvalue weighted by Crippen LogP contribution is 2.38. The average molecular weight is 242 g/mol. The van der Waals surface area contributed by atoms with Gasteiger partial charge in [-0.05, 0) is 58.5 Å². The lowest BCUT2D eigenvalue weighted by Crippen LogP contribution is -2.43. The second kappa shape index (κ2) is 4.13. The van der Waals surface area contributed by atoms with E-state index in [-0.39, 0.29) is 0 Å². The molecule has 0 spiro atoms. The van der Waals surface area contributed by atoms with Crippen LogP contribution in [0.15, 0.2) is 24.4 Å². The Morgan fingerprint density at radius 3 is 2.56 bits per heavy atom. The average Bonchev–Trinajstić information content (AvgIpc) is 2.53. The van der Waals surface area contributed by atoms with Crippen LogP contribution in [0.4, 0.5) is 0 Å². The molecule has 2 nitrogen and oxygen atoms in total. The molecule has 2 atom stereocenters. The fourth-order valence-electron chi connectivity index (χ4n) is 3.20. The largest absolute Gasteiger partial charge is 0.343 e. The number of aromatic nitrogens is 1. The van der Waals surface area contributed by atoms with E-state index in [4.69, 9.17) is 0 Å². The number of likely N-dealkylation sites (N-methyl/N-ethyl adjacent to an activating group) is 1. The van der Waals surface area contributed by atoms with Gasteiger partial charge in [0.1, 0.15) is 0 Å². The van der Waals surface area contributed by atoms with Crippen molar-refractivity contribution < 1.29 is 0 Å². The van der Waals surface area contributed by atoms with Gasteiger partial charge in [0.15, 0.2) is 0 Å². The highest BCUT2D eigenvalue weighted by atomic mass is 15.2. The molecule has 0 aliphatic heterocycles. The van der Waals surface area contributed by atoms with Gasteiger partial charge in [-0.3, -0.25) is 0 Å². The zero-order valence-electron chi connectivity index (χ0n) is 11.8. The van der Waals surface area contributed by atoms with Gasteiger partial charge in [0.2, 0.25) is 0 Å². The van der Waals surface area contributed by atoms with E-state index in [1.54, 1.807) is 0 Å². The van der Waals surface area contributed by atoms with Gasteiger partial charge in [-0.1, -0.05) is 11.6 Å². The first-order valence-corrected chi connectivity index (χ1v) is 6.82. The normalized spacial score (nSPS) is 23.6. The fraction of sp³-hybridized carbons (Fsp3) is 0.500. The number of rotatable bonds is 2. The van der Waals surface area contributed by atoms with Crippen LogP contribution in [0.3, 0.4) is 0 Å². The molecular formula is C16H22N2. The van der Waals surface area contributed by atoms with Crippen molar-refractivity contribution in [2.45, 2.75) is 38.8 Å². The minimum Gasteiger partial charge on any atom is -0.343 e. The van der Waals surface area contributed by atoms with Gasteiger partial charge in [-0.2, -0.15) is 0 Å². The predicted octanol–water partition coefficient (Wildman–Crippen LogP) is 3.52. The number of hydrogen-bond donors (Lipinski definition) is 0. The Morgan fingerprint density at radius 2 is 1.94 bits per heavy atom. The molecular weight excluding hydrogens is 220 g/mol. The molecule has 2 unspecified atom stereocenters. The SMILES string of the molecule is Cc1ccc2c(c1)c(C)cn2C1CCC1N(C)C. The van der Waals surface area contributed by atoms with E-state index in [1.807, 2.05) is 0 Å². The molecule has 2 aromatic rings. The first-order valence-electron chi connectivity index (χ1n) is 6.82. The summed E-state index contributed by atoms with van der Waals surface area (Å²) in [6.07, 6.45) is 4.96. The van der Waals surface area contributed by atoms with Crippen molar-refractivity contribution in [3.8, 4) is 0 Å². The van der Waals surface area contributed by atoms with E-state index in [1.165, 1.54) is 34.9 Å². The zero-order chi connectivity index (χ0) is 12.9. The molecule has 0 bridgehead atoms. The molecule has 1 aliphatic rings. The molecule has 0 N–H and O–H groups in total. The van der Waals surface area contributed by atoms with Gasteiger partial charge < -0.3 is 9.47 Å². The summed E-state index contributed by atoms with van der Waals surface area (Å²) >= 11 is 0. The van der Waals surface area contributed by atoms with Crippen LogP contribution < -0.4 is 0 Å². The van der Waals surface area contributed by atoms with E-state index >= 15 is 0 Å². The zero-order valence-corrected chi connectivity index (χ0v) is 11.8. The summed E-state index contributed by atoms with van der Waals surface area (Å²) < 4.78 is 2.50. The van der Waals surface area contributed by atoms with Crippen molar-refractivity contribution in [1.82, 2.24) is 9.47 Å². The van der Waals surface area contributed by atoms with Crippen LogP contribution in [0.25, 0.3) is 10.9 Å². The lowest BCUT2D eigenvalue weighted by Gasteiger charge is -2.42. The van der Waals surface area contributed by atoms with Gasteiger partial charge in [-0.25, -0.2) is 0 Å². The molecule has 3 rings (SSSR count). The summed E-state index contributed by atoms with van der Waals surface area (Å²) in [5, 5.41) is 1.42. The minimum absolute atomic E-state index is 0.652. The third-order valence-corrected chi connectivity index (χ3v) is 4.41. The summed E-state index contributed by atoms with van der Waals surface area (Å²) in [5.41, 5.74) is 4.15. The summed E-state index contributed by atoms with van der Waals surface area (Å²) in [7, 11) is 4.39. The van der Waals surface area contributed by atoms with Gasteiger partial charge in [0.05, 0.1) is 0 Å². The van der Waals surface area contributed by atoms with Crippen LogP contribution in [-0.4, -0.2) is 29.6 Å². The maximum atomic E-state index is 2.50. The molecule has 2 heteroatoms. The quantitative estimate of drug-likeness (QED) is 0.782. The first kappa shape index (κ1) is 11.8. The maximum absolute atomic E-state index is 2.50. The van der Waals surface area contributed by atoms with Crippen LogP contribution in [0, 0.1) is 13.8 Å². The third-order valence-electron chi connectivity index (χ3n) is 4.41. The fourth-order valence-corrected chi connectivity index (χ4v) is 3.20. The number of benzene rings is 1. The van der Waals surface area contributed by atoms with E-state index in [0.717, 1.165) is 0 Å². The van der Waals surface area contributed by atoms with Crippen molar-refractivity contribution in [2.24, 2.45) is 0 Å². The molecule has 1 heterocycles. The van der Waals surface area contributed by atoms with Crippen molar-refractivity contribution in [1.29, 1.82) is 0 Å². The van der Waals surface area contributed by atoms with Gasteiger partial charge in [-0.15, -0.1) is 0 Å². The van der Waals surface area contributed by atoms with E-state index in [9.17, 15) is 0 Å². The number of nitrogens with zero attached hydrogens (tertiary/aromatic N) is 2. The second-order valence-corrected chi connectivity index (χ2v) is 5.92. The first-order chi connectivity index (χ1) is 8.58. The summed E-state index contributed by atoms with van der Waals surface area (Å²) in [6.45, 7) is 4.39. The van der Waals surface area contributed by atoms with E-state index in [2.05, 4.69) is 61.8 Å². The highest BCUT2D eigenvalue weighted by Gasteiger charge is 2.34. The van der Waals surface area contributed by atoms with Crippen LogP contribution in [0.1, 0.15) is 30.0 Å². The van der Waals surface area contributed by atoms with Crippen LogP contribution in [-0.2, 0) is 0 Å². The molecule has 1 saturated carbocycles. The van der Waals surface area contributed by atoms with E-state index < -0.39 is 0 Å². The Balaban J connectivity index is 2.08. The maximum Gasteiger partial charge on any atom is 0.0492 e. The number of fused-ring (bicyclic) bond motifs is 1. The Labute approximate surface area is 109 Å². The van der Waals surface area contributed by atoms with Crippen LogP contribution in [0.2, 0.25) is 0 Å². The monoisotopic (exact) mass is 242 g/mol. The molecule has 1 aromatic carbocycles. The van der Waals surface area contributed by atoms with Crippen molar-refractivity contribution in [3.63, 3.8) is 0 Å². The van der Waals surface area contributed by atoms with Crippen LogP contribution >= 0.6 is 0 Å². The molecule has 18 heavy (non-hydrogen) atoms. The Morgan fingerprint density at radius 1 is 1.17 bits per heavy atom. The lowest BCUT2D eigenvalue weighted by atomic mass is 9.85. The molecule has 96 valence electrons. The van der Waals surface area contributed by atoms with Crippen molar-refractivity contribution >= 4 is 10.9 Å². The number of aryl methyl sites for hydroxylation is 2. The Bertz CT molecular complexity index is 580. The topological polar surface area (TPSA) is 8.17 Å². The lowest BCUT2D eigenvalue weighted by molar-refractivity contribution is 0.116. The minimum atomic E-state index is 0.652. The van der Waals surface area contributed by atoms with Gasteiger partial charge >= 0.3 is 0 Å². The Hall–Kier alpha value is -1.28. The molecule has 1 aliphatic carbocycles.